The Morgan fingerprint density at radius 3 is 2.57 bits per heavy atom. The zero-order valence-corrected chi connectivity index (χ0v) is 15.9. The smallest absolute Gasteiger partial charge is 0.122 e. The second kappa shape index (κ2) is 6.42. The van der Waals surface area contributed by atoms with Gasteiger partial charge in [0.2, 0.25) is 0 Å². The Labute approximate surface area is 155 Å². The minimum atomic E-state index is 0. The molecule has 0 bridgehead atoms. The van der Waals surface area contributed by atoms with E-state index in [9.17, 15) is 0 Å². The van der Waals surface area contributed by atoms with Crippen LogP contribution >= 0.6 is 0 Å². The fourth-order valence-corrected chi connectivity index (χ4v) is 4.13. The lowest BCUT2D eigenvalue weighted by Crippen LogP contribution is -3.00. The fraction of sp³-hybridized carbons (Fsp3) is 0.368. The standard InChI is InChI=1S/C19H23N2O.HI/c1-21-13-5-12-20(21)19(15-8-10-17(22-2)11-9-15)18-7-4-3-6-16(18)14-21;/h3-4,6-11,19H,5,12-14H2,1-2H3;1H/q+1;/p-1. The molecule has 4 heteroatoms. The van der Waals surface area contributed by atoms with Gasteiger partial charge < -0.3 is 28.7 Å². The van der Waals surface area contributed by atoms with Crippen molar-refractivity contribution in [1.29, 1.82) is 0 Å². The number of hydrogen-bond donors (Lipinski definition) is 0. The second-order valence-electron chi connectivity index (χ2n) is 6.61. The Balaban J connectivity index is 0.00000156. The minimum Gasteiger partial charge on any atom is -1.00 e. The van der Waals surface area contributed by atoms with Gasteiger partial charge >= 0.3 is 0 Å². The Bertz CT molecular complexity index is 688. The summed E-state index contributed by atoms with van der Waals surface area (Å²) < 4.78 is 6.35. The third-order valence-corrected chi connectivity index (χ3v) is 5.24. The molecule has 4 rings (SSSR count). The largest absolute Gasteiger partial charge is 1.00 e. The Morgan fingerprint density at radius 2 is 1.83 bits per heavy atom. The van der Waals surface area contributed by atoms with Crippen LogP contribution in [0.15, 0.2) is 48.5 Å². The SMILES string of the molecule is COc1ccc(C2c3ccccc3C[N+]3(C)CCCN23)cc1.[I-]. The van der Waals surface area contributed by atoms with Gasteiger partial charge in [-0.2, -0.15) is 0 Å². The Hall–Kier alpha value is -1.11. The van der Waals surface area contributed by atoms with Crippen LogP contribution < -0.4 is 28.7 Å². The monoisotopic (exact) mass is 422 g/mol. The van der Waals surface area contributed by atoms with Gasteiger partial charge in [0.05, 0.1) is 27.2 Å². The van der Waals surface area contributed by atoms with Crippen LogP contribution in [-0.2, 0) is 6.54 Å². The van der Waals surface area contributed by atoms with Gasteiger partial charge in [-0.05, 0) is 23.3 Å². The molecule has 0 saturated carbocycles. The highest BCUT2D eigenvalue weighted by molar-refractivity contribution is 5.40. The van der Waals surface area contributed by atoms with Crippen molar-refractivity contribution in [2.24, 2.45) is 0 Å². The molecular weight excluding hydrogens is 399 g/mol. The number of hydrogen-bond acceptors (Lipinski definition) is 2. The van der Waals surface area contributed by atoms with Crippen molar-refractivity contribution >= 4 is 0 Å². The maximum Gasteiger partial charge on any atom is 0.122 e. The summed E-state index contributed by atoms with van der Waals surface area (Å²) in [6, 6.07) is 17.9. The van der Waals surface area contributed by atoms with Crippen molar-refractivity contribution < 1.29 is 33.3 Å². The summed E-state index contributed by atoms with van der Waals surface area (Å²) in [6.07, 6.45) is 1.27. The molecule has 2 aliphatic rings. The molecule has 0 aliphatic carbocycles. The van der Waals surface area contributed by atoms with Crippen molar-refractivity contribution in [3.8, 4) is 5.75 Å². The van der Waals surface area contributed by atoms with E-state index in [1.54, 1.807) is 7.11 Å². The van der Waals surface area contributed by atoms with Crippen LogP contribution in [0.5, 0.6) is 5.75 Å². The molecule has 23 heavy (non-hydrogen) atoms. The van der Waals surface area contributed by atoms with Crippen LogP contribution in [0, 0.1) is 0 Å². The highest BCUT2D eigenvalue weighted by atomic mass is 127. The lowest BCUT2D eigenvalue weighted by molar-refractivity contribution is -1.02. The first-order valence-corrected chi connectivity index (χ1v) is 8.05. The summed E-state index contributed by atoms with van der Waals surface area (Å²) >= 11 is 0. The molecule has 1 saturated heterocycles. The highest BCUT2D eigenvalue weighted by Gasteiger charge is 2.46. The van der Waals surface area contributed by atoms with Crippen molar-refractivity contribution in [3.63, 3.8) is 0 Å². The molecule has 3 nitrogen and oxygen atoms in total. The molecule has 1 fully saturated rings. The van der Waals surface area contributed by atoms with Crippen molar-refractivity contribution in [3.05, 3.63) is 65.2 Å². The summed E-state index contributed by atoms with van der Waals surface area (Å²) in [5, 5.41) is 2.66. The summed E-state index contributed by atoms with van der Waals surface area (Å²) in [6.45, 7) is 3.52. The van der Waals surface area contributed by atoms with Gasteiger partial charge in [-0.3, -0.25) is 0 Å². The van der Waals surface area contributed by atoms with E-state index in [2.05, 4.69) is 60.6 Å². The maximum atomic E-state index is 5.31. The summed E-state index contributed by atoms with van der Waals surface area (Å²) in [4.78, 5) is 0. The van der Waals surface area contributed by atoms with Crippen molar-refractivity contribution in [2.45, 2.75) is 19.0 Å². The van der Waals surface area contributed by atoms with Crippen LogP contribution in [0.1, 0.15) is 29.2 Å². The van der Waals surface area contributed by atoms with Crippen LogP contribution in [-0.4, -0.2) is 36.8 Å². The molecule has 2 aliphatic heterocycles. The average molecular weight is 422 g/mol. The van der Waals surface area contributed by atoms with Gasteiger partial charge in [-0.15, -0.1) is 5.01 Å². The van der Waals surface area contributed by atoms with E-state index in [1.165, 1.54) is 36.2 Å². The lowest BCUT2D eigenvalue weighted by Gasteiger charge is -2.46. The Kier molecular flexibility index (Phi) is 4.67. The zero-order chi connectivity index (χ0) is 15.2. The van der Waals surface area contributed by atoms with Crippen molar-refractivity contribution in [1.82, 2.24) is 5.01 Å². The maximum absolute atomic E-state index is 5.31. The summed E-state index contributed by atoms with van der Waals surface area (Å²) in [7, 11) is 4.10. The van der Waals surface area contributed by atoms with Gasteiger partial charge in [0.25, 0.3) is 0 Å². The van der Waals surface area contributed by atoms with E-state index < -0.39 is 0 Å². The van der Waals surface area contributed by atoms with Crippen LogP contribution in [0.25, 0.3) is 0 Å². The van der Waals surface area contributed by atoms with Gasteiger partial charge in [0.1, 0.15) is 18.3 Å². The van der Waals surface area contributed by atoms with Crippen LogP contribution in [0.3, 0.4) is 0 Å². The highest BCUT2D eigenvalue weighted by Crippen LogP contribution is 2.43. The molecule has 0 amide bonds. The molecule has 2 unspecified atom stereocenters. The lowest BCUT2D eigenvalue weighted by atomic mass is 9.91. The summed E-state index contributed by atoms with van der Waals surface area (Å²) in [5.41, 5.74) is 4.31. The molecule has 0 radical (unpaired) electrons. The molecule has 2 aromatic rings. The van der Waals surface area contributed by atoms with Gasteiger partial charge in [-0.25, -0.2) is 4.59 Å². The molecule has 0 aromatic heterocycles. The van der Waals surface area contributed by atoms with E-state index in [0.717, 1.165) is 16.9 Å². The van der Waals surface area contributed by atoms with E-state index in [0.29, 0.717) is 6.04 Å². The number of methoxy groups -OCH3 is 1. The number of ether oxygens (including phenoxy) is 1. The van der Waals surface area contributed by atoms with Crippen molar-refractivity contribution in [2.75, 3.05) is 27.2 Å². The third-order valence-electron chi connectivity index (χ3n) is 5.24. The number of benzene rings is 2. The second-order valence-corrected chi connectivity index (χ2v) is 6.61. The molecular formula is C19H23IN2O. The molecule has 2 heterocycles. The number of halogens is 1. The van der Waals surface area contributed by atoms with Gasteiger partial charge in [0.15, 0.2) is 0 Å². The van der Waals surface area contributed by atoms with E-state index in [4.69, 9.17) is 4.74 Å². The third kappa shape index (κ3) is 2.77. The molecule has 2 aromatic carbocycles. The van der Waals surface area contributed by atoms with Gasteiger partial charge in [-0.1, -0.05) is 36.4 Å². The topological polar surface area (TPSA) is 12.5 Å². The quantitative estimate of drug-likeness (QED) is 0.513. The molecule has 122 valence electrons. The molecule has 2 atom stereocenters. The minimum absolute atomic E-state index is 0. The Morgan fingerprint density at radius 1 is 1.09 bits per heavy atom. The first-order valence-electron chi connectivity index (χ1n) is 8.05. The van der Waals surface area contributed by atoms with Crippen LogP contribution in [0.4, 0.5) is 0 Å². The molecule has 0 spiro atoms. The zero-order valence-electron chi connectivity index (χ0n) is 13.7. The number of rotatable bonds is 2. The van der Waals surface area contributed by atoms with E-state index >= 15 is 0 Å². The predicted octanol–water partition coefficient (Wildman–Crippen LogP) is 0.370. The van der Waals surface area contributed by atoms with E-state index in [1.807, 2.05) is 0 Å². The van der Waals surface area contributed by atoms with Crippen LogP contribution in [0.2, 0.25) is 0 Å². The first-order chi connectivity index (χ1) is 10.7. The first kappa shape index (κ1) is 16.7. The van der Waals surface area contributed by atoms with Gasteiger partial charge in [0, 0.05) is 12.0 Å². The average Bonchev–Trinajstić information content (AvgIpc) is 2.93. The number of nitrogens with zero attached hydrogens (tertiary/aromatic N) is 2. The fourth-order valence-electron chi connectivity index (χ4n) is 4.13. The van der Waals surface area contributed by atoms with E-state index in [-0.39, 0.29) is 24.0 Å². The normalized spacial score (nSPS) is 26.1. The number of fused-ring (bicyclic) bond motifs is 2. The summed E-state index contributed by atoms with van der Waals surface area (Å²) in [5.74, 6) is 0.923. The molecule has 0 N–H and O–H groups in total. The number of quaternary nitrogens is 1. The predicted molar refractivity (Wildman–Crippen MR) is 87.4 cm³/mol.